The van der Waals surface area contributed by atoms with E-state index in [1.165, 1.54) is 24.3 Å². The minimum atomic E-state index is -3.50. The topological polar surface area (TPSA) is 75.4 Å². The Morgan fingerprint density at radius 1 is 1.13 bits per heavy atom. The van der Waals surface area contributed by atoms with Crippen molar-refractivity contribution in [2.45, 2.75) is 36.5 Å². The van der Waals surface area contributed by atoms with Gasteiger partial charge < -0.3 is 9.42 Å². The molecule has 0 spiro atoms. The molecule has 0 atom stereocenters. The molecule has 2 heterocycles. The van der Waals surface area contributed by atoms with Crippen LogP contribution in [0.4, 0.5) is 4.39 Å². The molecule has 0 bridgehead atoms. The molecule has 4 rings (SSSR count). The van der Waals surface area contributed by atoms with Crippen molar-refractivity contribution in [2.24, 2.45) is 0 Å². The van der Waals surface area contributed by atoms with E-state index in [-0.39, 0.29) is 10.7 Å². The zero-order valence-corrected chi connectivity index (χ0v) is 18.6. The number of aromatic nitrogens is 1. The van der Waals surface area contributed by atoms with Crippen molar-refractivity contribution in [3.05, 3.63) is 59.0 Å². The van der Waals surface area contributed by atoms with E-state index in [1.807, 2.05) is 0 Å². The van der Waals surface area contributed by atoms with Gasteiger partial charge in [0.1, 0.15) is 5.82 Å². The summed E-state index contributed by atoms with van der Waals surface area (Å²) in [6, 6.07) is 10.7. The van der Waals surface area contributed by atoms with Gasteiger partial charge in [0.15, 0.2) is 5.58 Å². The van der Waals surface area contributed by atoms with Crippen molar-refractivity contribution in [2.75, 3.05) is 26.2 Å². The Balaban J connectivity index is 1.19. The smallest absolute Gasteiger partial charge is 0.240 e. The molecule has 0 unspecified atom stereocenters. The molecule has 1 aliphatic heterocycles. The number of rotatable bonds is 8. The van der Waals surface area contributed by atoms with Gasteiger partial charge in [0, 0.05) is 28.9 Å². The van der Waals surface area contributed by atoms with Crippen LogP contribution >= 0.6 is 11.6 Å². The molecule has 1 fully saturated rings. The van der Waals surface area contributed by atoms with Gasteiger partial charge in [0.25, 0.3) is 0 Å². The molecule has 0 radical (unpaired) electrons. The highest BCUT2D eigenvalue weighted by molar-refractivity contribution is 7.89. The van der Waals surface area contributed by atoms with Gasteiger partial charge >= 0.3 is 0 Å². The number of piperidine rings is 1. The average molecular weight is 466 g/mol. The van der Waals surface area contributed by atoms with E-state index in [4.69, 9.17) is 16.1 Å². The van der Waals surface area contributed by atoms with Gasteiger partial charge in [0.2, 0.25) is 10.0 Å². The first-order valence-corrected chi connectivity index (χ1v) is 12.3. The molecule has 1 aliphatic rings. The fourth-order valence-corrected chi connectivity index (χ4v) is 5.22. The number of likely N-dealkylation sites (tertiary alicyclic amines) is 1. The lowest BCUT2D eigenvalue weighted by Crippen LogP contribution is -2.34. The molecule has 2 aromatic carbocycles. The molecule has 1 saturated heterocycles. The predicted octanol–water partition coefficient (Wildman–Crippen LogP) is 4.56. The van der Waals surface area contributed by atoms with Crippen LogP contribution in [0.15, 0.2) is 51.9 Å². The highest BCUT2D eigenvalue weighted by Crippen LogP contribution is 2.32. The van der Waals surface area contributed by atoms with Gasteiger partial charge in [-0.2, -0.15) is 0 Å². The zero-order chi connectivity index (χ0) is 21.8. The summed E-state index contributed by atoms with van der Waals surface area (Å²) in [6.45, 7) is 3.25. The summed E-state index contributed by atoms with van der Waals surface area (Å²) in [5.41, 5.74) is 1.42. The fraction of sp³-hybridized carbons (Fsp3) is 0.409. The van der Waals surface area contributed by atoms with Crippen LogP contribution in [0.2, 0.25) is 5.02 Å². The molecular formula is C22H25ClFN3O3S. The second-order valence-corrected chi connectivity index (χ2v) is 10.1. The van der Waals surface area contributed by atoms with Crippen molar-refractivity contribution in [1.82, 2.24) is 14.8 Å². The first-order chi connectivity index (χ1) is 14.9. The van der Waals surface area contributed by atoms with E-state index in [1.54, 1.807) is 18.2 Å². The van der Waals surface area contributed by atoms with Crippen molar-refractivity contribution in [3.8, 4) is 0 Å². The van der Waals surface area contributed by atoms with E-state index >= 15 is 0 Å². The summed E-state index contributed by atoms with van der Waals surface area (Å²) in [7, 11) is -3.50. The van der Waals surface area contributed by atoms with Crippen LogP contribution < -0.4 is 4.72 Å². The first kappa shape index (κ1) is 22.2. The Bertz CT molecular complexity index is 1130. The van der Waals surface area contributed by atoms with E-state index < -0.39 is 10.0 Å². The molecular weight excluding hydrogens is 441 g/mol. The molecule has 3 aromatic rings. The summed E-state index contributed by atoms with van der Waals surface area (Å²) < 4.78 is 45.8. The molecule has 0 saturated carbocycles. The summed E-state index contributed by atoms with van der Waals surface area (Å²) in [5, 5.41) is 5.60. The van der Waals surface area contributed by atoms with Crippen LogP contribution in [-0.4, -0.2) is 44.7 Å². The monoisotopic (exact) mass is 465 g/mol. The summed E-state index contributed by atoms with van der Waals surface area (Å²) in [5.74, 6) is -0.00498. The maximum atomic E-state index is 13.3. The van der Waals surface area contributed by atoms with Gasteiger partial charge in [-0.3, -0.25) is 0 Å². The van der Waals surface area contributed by atoms with Crippen LogP contribution in [0.5, 0.6) is 0 Å². The van der Waals surface area contributed by atoms with Gasteiger partial charge in [-0.05, 0) is 81.7 Å². The van der Waals surface area contributed by atoms with E-state index in [0.29, 0.717) is 23.1 Å². The zero-order valence-electron chi connectivity index (χ0n) is 17.1. The number of halogens is 2. The summed E-state index contributed by atoms with van der Waals surface area (Å²) >= 11 is 5.81. The fourth-order valence-electron chi connectivity index (χ4n) is 4.02. The number of benzene rings is 2. The van der Waals surface area contributed by atoms with E-state index in [9.17, 15) is 12.8 Å². The predicted molar refractivity (Wildman–Crippen MR) is 118 cm³/mol. The Labute approximate surface area is 186 Å². The Hall–Kier alpha value is -2.00. The number of nitrogens with zero attached hydrogens (tertiary/aromatic N) is 2. The molecule has 0 amide bonds. The van der Waals surface area contributed by atoms with Crippen molar-refractivity contribution >= 4 is 32.6 Å². The van der Waals surface area contributed by atoms with Crippen LogP contribution in [0.3, 0.4) is 0 Å². The number of fused-ring (bicyclic) bond motifs is 1. The highest BCUT2D eigenvalue weighted by atomic mass is 35.5. The van der Waals surface area contributed by atoms with E-state index in [0.717, 1.165) is 56.4 Å². The normalized spacial score (nSPS) is 16.2. The summed E-state index contributed by atoms with van der Waals surface area (Å²) in [6.07, 6.45) is 3.64. The number of nitrogens with one attached hydrogen (secondary N) is 1. The molecule has 6 nitrogen and oxygen atoms in total. The van der Waals surface area contributed by atoms with Crippen LogP contribution in [0.25, 0.3) is 11.0 Å². The molecule has 1 aromatic heterocycles. The quantitative estimate of drug-likeness (QED) is 0.493. The Morgan fingerprint density at radius 3 is 2.61 bits per heavy atom. The summed E-state index contributed by atoms with van der Waals surface area (Å²) in [4.78, 5) is 2.62. The largest absolute Gasteiger partial charge is 0.356 e. The number of sulfonamides is 1. The van der Waals surface area contributed by atoms with Gasteiger partial charge in [-0.1, -0.05) is 16.8 Å². The van der Waals surface area contributed by atoms with Crippen molar-refractivity contribution in [1.29, 1.82) is 0 Å². The van der Waals surface area contributed by atoms with Crippen LogP contribution in [-0.2, 0) is 10.0 Å². The van der Waals surface area contributed by atoms with E-state index in [2.05, 4.69) is 14.8 Å². The molecule has 1 N–H and O–H groups in total. The molecule has 9 heteroatoms. The minimum Gasteiger partial charge on any atom is -0.356 e. The standard InChI is InChI=1S/C22H25ClFN3O3S/c23-17-3-6-19(7-4-17)31(28,29)25-11-1-2-12-27-13-9-16(10-14-27)22-20-8-5-18(24)15-21(20)30-26-22/h3-8,15-16,25H,1-2,9-14H2. The first-order valence-electron chi connectivity index (χ1n) is 10.4. The average Bonchev–Trinajstić information content (AvgIpc) is 3.17. The highest BCUT2D eigenvalue weighted by Gasteiger charge is 2.25. The maximum absolute atomic E-state index is 13.3. The van der Waals surface area contributed by atoms with Crippen LogP contribution in [0.1, 0.15) is 37.3 Å². The minimum absolute atomic E-state index is 0.224. The molecule has 0 aliphatic carbocycles. The Morgan fingerprint density at radius 2 is 1.87 bits per heavy atom. The molecule has 166 valence electrons. The third-order valence-corrected chi connectivity index (χ3v) is 7.48. The lowest BCUT2D eigenvalue weighted by atomic mass is 9.91. The van der Waals surface area contributed by atoms with Crippen molar-refractivity contribution < 1.29 is 17.3 Å². The lowest BCUT2D eigenvalue weighted by molar-refractivity contribution is 0.206. The SMILES string of the molecule is O=S(=O)(NCCCCN1CCC(c2noc3cc(F)ccc23)CC1)c1ccc(Cl)cc1. The third kappa shape index (κ3) is 5.44. The lowest BCUT2D eigenvalue weighted by Gasteiger charge is -2.31. The third-order valence-electron chi connectivity index (χ3n) is 5.75. The Kier molecular flexibility index (Phi) is 6.91. The van der Waals surface area contributed by atoms with Crippen molar-refractivity contribution in [3.63, 3.8) is 0 Å². The number of hydrogen-bond acceptors (Lipinski definition) is 5. The van der Waals surface area contributed by atoms with Gasteiger partial charge in [-0.15, -0.1) is 0 Å². The maximum Gasteiger partial charge on any atom is 0.240 e. The number of hydrogen-bond donors (Lipinski definition) is 1. The second-order valence-electron chi connectivity index (χ2n) is 7.88. The second kappa shape index (κ2) is 9.65. The number of unbranched alkanes of at least 4 members (excludes halogenated alkanes) is 1. The van der Waals surface area contributed by atoms with Gasteiger partial charge in [-0.25, -0.2) is 17.5 Å². The molecule has 31 heavy (non-hydrogen) atoms. The van der Waals surface area contributed by atoms with Gasteiger partial charge in [0.05, 0.1) is 10.6 Å². The van der Waals surface area contributed by atoms with Crippen LogP contribution in [0, 0.1) is 5.82 Å².